The van der Waals surface area contributed by atoms with Gasteiger partial charge in [0.05, 0.1) is 22.7 Å². The number of carbonyl (C=O) groups excluding carboxylic acids is 1. The van der Waals surface area contributed by atoms with Crippen LogP contribution in [-0.4, -0.2) is 31.6 Å². The van der Waals surface area contributed by atoms with Crippen LogP contribution in [0.1, 0.15) is 27.2 Å². The van der Waals surface area contributed by atoms with E-state index in [-0.39, 0.29) is 11.5 Å². The van der Waals surface area contributed by atoms with Gasteiger partial charge in [-0.15, -0.1) is 0 Å². The van der Waals surface area contributed by atoms with Crippen molar-refractivity contribution in [2.45, 2.75) is 13.5 Å². The molecule has 1 aliphatic heterocycles. The summed E-state index contributed by atoms with van der Waals surface area (Å²) in [7, 11) is 0. The maximum atomic E-state index is 13.5. The molecule has 0 atom stereocenters. The molecule has 1 fully saturated rings. The molecule has 1 amide bonds. The first-order chi connectivity index (χ1) is 17.5. The van der Waals surface area contributed by atoms with Gasteiger partial charge in [-0.1, -0.05) is 48.5 Å². The molecular formula is C29H23N3O3S. The van der Waals surface area contributed by atoms with Gasteiger partial charge in [-0.2, -0.15) is 0 Å². The zero-order chi connectivity index (χ0) is 25.1. The number of carboxylic acid groups (broad SMARTS) is 1. The Kier molecular flexibility index (Phi) is 6.56. The maximum absolute atomic E-state index is 13.5. The normalized spacial score (nSPS) is 15.7. The highest BCUT2D eigenvalue weighted by molar-refractivity contribution is 8.18. The molecular weight excluding hydrogens is 470 g/mol. The summed E-state index contributed by atoms with van der Waals surface area (Å²) in [5, 5.41) is 9.76. The SMILES string of the molecule is Cc1cc(/C=C2/SC(=Nc3ccccc3)N(Cc3ccc(C(=O)O)cc3)C2=O)cn1-c1ccccc1. The zero-order valence-electron chi connectivity index (χ0n) is 19.5. The molecule has 7 heteroatoms. The highest BCUT2D eigenvalue weighted by Gasteiger charge is 2.33. The number of aromatic nitrogens is 1. The fraction of sp³-hybridized carbons (Fsp3) is 0.0690. The number of carbonyl (C=O) groups is 2. The average molecular weight is 494 g/mol. The molecule has 0 unspecified atom stereocenters. The molecule has 0 saturated carbocycles. The van der Waals surface area contributed by atoms with Crippen LogP contribution < -0.4 is 0 Å². The van der Waals surface area contributed by atoms with Gasteiger partial charge in [0, 0.05) is 17.6 Å². The number of hydrogen-bond acceptors (Lipinski definition) is 4. The second-order valence-corrected chi connectivity index (χ2v) is 9.36. The number of amidine groups is 1. The lowest BCUT2D eigenvalue weighted by Gasteiger charge is -2.16. The molecule has 0 spiro atoms. The monoisotopic (exact) mass is 493 g/mol. The van der Waals surface area contributed by atoms with Crippen LogP contribution in [0.3, 0.4) is 0 Å². The van der Waals surface area contributed by atoms with Crippen LogP contribution in [0, 0.1) is 6.92 Å². The van der Waals surface area contributed by atoms with Gasteiger partial charge in [-0.05, 0) is 78.4 Å². The first-order valence-corrected chi connectivity index (χ1v) is 12.2. The second kappa shape index (κ2) is 10.1. The van der Waals surface area contributed by atoms with Crippen molar-refractivity contribution in [2.75, 3.05) is 0 Å². The van der Waals surface area contributed by atoms with E-state index in [9.17, 15) is 14.7 Å². The molecule has 0 bridgehead atoms. The van der Waals surface area contributed by atoms with Gasteiger partial charge in [0.1, 0.15) is 0 Å². The lowest BCUT2D eigenvalue weighted by atomic mass is 10.1. The Morgan fingerprint density at radius 3 is 2.31 bits per heavy atom. The zero-order valence-corrected chi connectivity index (χ0v) is 20.4. The highest BCUT2D eigenvalue weighted by Crippen LogP contribution is 2.35. The first kappa shape index (κ1) is 23.4. The summed E-state index contributed by atoms with van der Waals surface area (Å²) >= 11 is 1.34. The number of hydrogen-bond donors (Lipinski definition) is 1. The molecule has 0 aliphatic carbocycles. The molecule has 3 aromatic carbocycles. The van der Waals surface area contributed by atoms with E-state index in [0.29, 0.717) is 16.6 Å². The molecule has 178 valence electrons. The number of rotatable bonds is 6. The number of amides is 1. The molecule has 1 aromatic heterocycles. The third-order valence-electron chi connectivity index (χ3n) is 5.78. The van der Waals surface area contributed by atoms with Crippen LogP contribution in [0.5, 0.6) is 0 Å². The minimum Gasteiger partial charge on any atom is -0.478 e. The predicted molar refractivity (Wildman–Crippen MR) is 144 cm³/mol. The predicted octanol–water partition coefficient (Wildman–Crippen LogP) is 6.29. The van der Waals surface area contributed by atoms with E-state index in [1.807, 2.05) is 79.9 Å². The Labute approximate surface area is 213 Å². The standard InChI is InChI=1S/C29H23N3O3S/c1-20-16-22(19-31(20)25-10-6-3-7-11-25)17-26-27(33)32(18-21-12-14-23(15-13-21)28(34)35)29(36-26)30-24-8-4-2-5-9-24/h2-17,19H,18H2,1H3,(H,34,35)/b26-17+,30-29?. The topological polar surface area (TPSA) is 74.9 Å². The Balaban J connectivity index is 1.47. The molecule has 1 aliphatic rings. The molecule has 6 nitrogen and oxygen atoms in total. The summed E-state index contributed by atoms with van der Waals surface area (Å²) in [4.78, 5) is 31.7. The third-order valence-corrected chi connectivity index (χ3v) is 6.78. The van der Waals surface area contributed by atoms with Gasteiger partial charge in [0.25, 0.3) is 5.91 Å². The van der Waals surface area contributed by atoms with Crippen LogP contribution in [0.25, 0.3) is 11.8 Å². The van der Waals surface area contributed by atoms with Gasteiger partial charge in [-0.3, -0.25) is 9.69 Å². The van der Waals surface area contributed by atoms with Crippen molar-refractivity contribution in [3.05, 3.63) is 124 Å². The van der Waals surface area contributed by atoms with Crippen LogP contribution in [0.15, 0.2) is 107 Å². The largest absolute Gasteiger partial charge is 0.478 e. The summed E-state index contributed by atoms with van der Waals surface area (Å²) in [6.45, 7) is 2.33. The van der Waals surface area contributed by atoms with E-state index in [2.05, 4.69) is 10.6 Å². The number of para-hydroxylation sites is 2. The fourth-order valence-electron chi connectivity index (χ4n) is 3.98. The number of aliphatic imine (C=N–C) groups is 1. The van der Waals surface area contributed by atoms with E-state index in [1.165, 1.54) is 11.8 Å². The summed E-state index contributed by atoms with van der Waals surface area (Å²) in [5.41, 5.74) is 4.84. The smallest absolute Gasteiger partial charge is 0.335 e. The van der Waals surface area contributed by atoms with E-state index in [1.54, 1.807) is 29.2 Å². The Hall–Kier alpha value is -4.36. The Bertz CT molecular complexity index is 1470. The van der Waals surface area contributed by atoms with E-state index in [4.69, 9.17) is 4.99 Å². The molecule has 1 saturated heterocycles. The number of benzene rings is 3. The van der Waals surface area contributed by atoms with Gasteiger partial charge in [0.15, 0.2) is 5.17 Å². The Morgan fingerprint density at radius 1 is 0.972 bits per heavy atom. The fourth-order valence-corrected chi connectivity index (χ4v) is 4.97. The lowest BCUT2D eigenvalue weighted by Crippen LogP contribution is -2.28. The minimum absolute atomic E-state index is 0.137. The van der Waals surface area contributed by atoms with Gasteiger partial charge < -0.3 is 9.67 Å². The van der Waals surface area contributed by atoms with Crippen molar-refractivity contribution in [1.29, 1.82) is 0 Å². The molecule has 0 radical (unpaired) electrons. The van der Waals surface area contributed by atoms with Crippen molar-refractivity contribution in [3.8, 4) is 5.69 Å². The molecule has 5 rings (SSSR count). The van der Waals surface area contributed by atoms with Crippen LogP contribution in [0.2, 0.25) is 0 Å². The molecule has 4 aromatic rings. The summed E-state index contributed by atoms with van der Waals surface area (Å²) in [5.74, 6) is -1.12. The molecule has 36 heavy (non-hydrogen) atoms. The van der Waals surface area contributed by atoms with Gasteiger partial charge in [0.2, 0.25) is 0 Å². The number of aryl methyl sites for hydroxylation is 1. The summed E-state index contributed by atoms with van der Waals surface area (Å²) in [6, 6.07) is 28.2. The molecule has 2 heterocycles. The van der Waals surface area contributed by atoms with E-state index >= 15 is 0 Å². The van der Waals surface area contributed by atoms with Crippen molar-refractivity contribution in [2.24, 2.45) is 4.99 Å². The van der Waals surface area contributed by atoms with Crippen molar-refractivity contribution >= 4 is 40.6 Å². The second-order valence-electron chi connectivity index (χ2n) is 8.35. The maximum Gasteiger partial charge on any atom is 0.335 e. The van der Waals surface area contributed by atoms with Crippen LogP contribution in [0.4, 0.5) is 5.69 Å². The van der Waals surface area contributed by atoms with Gasteiger partial charge in [-0.25, -0.2) is 9.79 Å². The van der Waals surface area contributed by atoms with E-state index in [0.717, 1.165) is 28.2 Å². The van der Waals surface area contributed by atoms with Crippen LogP contribution in [-0.2, 0) is 11.3 Å². The number of aromatic carboxylic acids is 1. The Morgan fingerprint density at radius 2 is 1.64 bits per heavy atom. The van der Waals surface area contributed by atoms with Crippen molar-refractivity contribution in [1.82, 2.24) is 9.47 Å². The summed E-state index contributed by atoms with van der Waals surface area (Å²) in [6.07, 6.45) is 3.92. The van der Waals surface area contributed by atoms with Crippen molar-refractivity contribution < 1.29 is 14.7 Å². The third kappa shape index (κ3) is 5.01. The minimum atomic E-state index is -0.983. The van der Waals surface area contributed by atoms with Crippen LogP contribution >= 0.6 is 11.8 Å². The quantitative estimate of drug-likeness (QED) is 0.321. The number of nitrogens with zero attached hydrogens (tertiary/aromatic N) is 3. The number of thioether (sulfide) groups is 1. The number of carboxylic acids is 1. The van der Waals surface area contributed by atoms with Gasteiger partial charge >= 0.3 is 5.97 Å². The van der Waals surface area contributed by atoms with Crippen molar-refractivity contribution in [3.63, 3.8) is 0 Å². The lowest BCUT2D eigenvalue weighted by molar-refractivity contribution is -0.122. The van der Waals surface area contributed by atoms with E-state index < -0.39 is 5.97 Å². The summed E-state index contributed by atoms with van der Waals surface area (Å²) < 4.78 is 2.09. The average Bonchev–Trinajstić information content (AvgIpc) is 3.40. The molecule has 1 N–H and O–H groups in total. The highest BCUT2D eigenvalue weighted by atomic mass is 32.2. The first-order valence-electron chi connectivity index (χ1n) is 11.4.